The number of hydrogen-bond donors (Lipinski definition) is 1. The average Bonchev–Trinajstić information content (AvgIpc) is 0.811. The van der Waals surface area contributed by atoms with Crippen LogP contribution in [0, 0.1) is 0 Å². The molecule has 0 unspecified atom stereocenters. The van der Waals surface area contributed by atoms with Crippen LogP contribution >= 0.6 is 0 Å². The fourth-order valence-electron chi connectivity index (χ4n) is 0. The molecule has 0 aliphatic heterocycles. The van der Waals surface area contributed by atoms with Crippen molar-refractivity contribution >= 4 is 5.97 Å². The maximum Gasteiger partial charge on any atom is 0.300 e. The largest absolute Gasteiger partial charge is 0.481 e. The summed E-state index contributed by atoms with van der Waals surface area (Å²) < 4.78 is 0. The van der Waals surface area contributed by atoms with E-state index in [-0.39, 0.29) is 43.0 Å². The Labute approximate surface area is 65.6 Å². The Morgan fingerprint density at radius 1 is 1.67 bits per heavy atom. The molecule has 6 heavy (non-hydrogen) atoms. The molecule has 0 aromatic carbocycles. The number of hydrogen-bond acceptors (Lipinski definition) is 1. The third kappa shape index (κ3) is 98.0. The van der Waals surface area contributed by atoms with Crippen molar-refractivity contribution in [3.63, 3.8) is 0 Å². The number of carboxylic acids is 1. The Kier molecular flexibility index (Phi) is 24.5. The third-order valence-electron chi connectivity index (χ3n) is 0. The van der Waals surface area contributed by atoms with Crippen molar-refractivity contribution in [2.24, 2.45) is 0 Å². The van der Waals surface area contributed by atoms with Crippen LogP contribution in [0.1, 0.15) is 6.92 Å². The van der Waals surface area contributed by atoms with Gasteiger partial charge in [-0.15, -0.1) is 0 Å². The minimum atomic E-state index is -0.833. The van der Waals surface area contributed by atoms with Crippen LogP contribution in [-0.4, -0.2) is 11.1 Å². The van der Waals surface area contributed by atoms with Gasteiger partial charge in [0.05, 0.1) is 0 Å². The number of rotatable bonds is 0. The van der Waals surface area contributed by atoms with Crippen LogP contribution in [0.5, 0.6) is 0 Å². The molecule has 0 aromatic heterocycles. The Hall–Kier alpha value is 0.860. The predicted molar refractivity (Wildman–Crippen MR) is 13.3 cm³/mol. The zero-order valence-electron chi connectivity index (χ0n) is 3.19. The predicted octanol–water partition coefficient (Wildman–Crippen LogP) is 0.0859. The molecule has 0 fully saturated rings. The summed E-state index contributed by atoms with van der Waals surface area (Å²) in [6.45, 7) is 1.08. The first kappa shape index (κ1) is 15.8. The second kappa shape index (κ2) is 9.29. The molecule has 37 valence electrons. The SMILES string of the molecule is CC(=O)O.[Co].[Zr]. The summed E-state index contributed by atoms with van der Waals surface area (Å²) in [5.41, 5.74) is 0. The van der Waals surface area contributed by atoms with Crippen LogP contribution in [0.4, 0.5) is 0 Å². The Bertz CT molecular complexity index is 34.5. The first-order chi connectivity index (χ1) is 1.73. The monoisotopic (exact) mass is 209 g/mol. The summed E-state index contributed by atoms with van der Waals surface area (Å²) in [4.78, 5) is 9.00. The molecule has 0 aromatic rings. The van der Waals surface area contributed by atoms with E-state index in [0.29, 0.717) is 0 Å². The molecule has 0 saturated carbocycles. The summed E-state index contributed by atoms with van der Waals surface area (Å²) in [5.74, 6) is -0.833. The fourth-order valence-corrected chi connectivity index (χ4v) is 0. The van der Waals surface area contributed by atoms with Gasteiger partial charge in [0.1, 0.15) is 0 Å². The third-order valence-corrected chi connectivity index (χ3v) is 0. The van der Waals surface area contributed by atoms with Gasteiger partial charge in [-0.3, -0.25) is 4.79 Å². The molecule has 0 atom stereocenters. The standard InChI is InChI=1S/C2H4O2.Co.Zr/c1-2(3)4;;/h1H3,(H,3,4);;. The summed E-state index contributed by atoms with van der Waals surface area (Å²) in [6.07, 6.45) is 0. The van der Waals surface area contributed by atoms with Gasteiger partial charge in [0.15, 0.2) is 0 Å². The van der Waals surface area contributed by atoms with E-state index in [9.17, 15) is 0 Å². The quantitative estimate of drug-likeness (QED) is 0.615. The zero-order valence-corrected chi connectivity index (χ0v) is 6.69. The van der Waals surface area contributed by atoms with Crippen LogP contribution in [0.25, 0.3) is 0 Å². The molecule has 2 nitrogen and oxygen atoms in total. The number of aliphatic carboxylic acids is 1. The smallest absolute Gasteiger partial charge is 0.300 e. The fraction of sp³-hybridized carbons (Fsp3) is 0.500. The van der Waals surface area contributed by atoms with Gasteiger partial charge in [0.2, 0.25) is 0 Å². The van der Waals surface area contributed by atoms with Crippen molar-refractivity contribution in [3.8, 4) is 0 Å². The molecule has 0 aliphatic carbocycles. The van der Waals surface area contributed by atoms with Gasteiger partial charge in [-0.2, -0.15) is 0 Å². The molecule has 0 rings (SSSR count). The molecule has 0 saturated heterocycles. The van der Waals surface area contributed by atoms with Gasteiger partial charge in [-0.05, 0) is 0 Å². The van der Waals surface area contributed by atoms with E-state index < -0.39 is 5.97 Å². The average molecular weight is 210 g/mol. The van der Waals surface area contributed by atoms with Crippen LogP contribution in [0.3, 0.4) is 0 Å². The number of carbonyl (C=O) groups is 1. The maximum atomic E-state index is 9.00. The molecule has 0 bridgehead atoms. The Morgan fingerprint density at radius 2 is 1.67 bits per heavy atom. The molecule has 4 heteroatoms. The van der Waals surface area contributed by atoms with Gasteiger partial charge < -0.3 is 5.11 Å². The summed E-state index contributed by atoms with van der Waals surface area (Å²) >= 11 is 0. The van der Waals surface area contributed by atoms with E-state index in [1.807, 2.05) is 0 Å². The van der Waals surface area contributed by atoms with Gasteiger partial charge >= 0.3 is 0 Å². The van der Waals surface area contributed by atoms with Crippen molar-refractivity contribution in [2.75, 3.05) is 0 Å². The summed E-state index contributed by atoms with van der Waals surface area (Å²) in [5, 5.41) is 7.42. The van der Waals surface area contributed by atoms with Crippen LogP contribution in [-0.2, 0) is 47.8 Å². The van der Waals surface area contributed by atoms with E-state index in [1.165, 1.54) is 0 Å². The molecular formula is C2H4CoO2Zr. The summed E-state index contributed by atoms with van der Waals surface area (Å²) in [6, 6.07) is 0. The van der Waals surface area contributed by atoms with Crippen molar-refractivity contribution in [3.05, 3.63) is 0 Å². The van der Waals surface area contributed by atoms with E-state index in [1.54, 1.807) is 0 Å². The maximum absolute atomic E-state index is 9.00. The zero-order chi connectivity index (χ0) is 3.58. The van der Waals surface area contributed by atoms with Gasteiger partial charge in [0.25, 0.3) is 5.97 Å². The van der Waals surface area contributed by atoms with Crippen molar-refractivity contribution in [1.29, 1.82) is 0 Å². The molecule has 1 N–H and O–H groups in total. The van der Waals surface area contributed by atoms with Crippen LogP contribution < -0.4 is 0 Å². The van der Waals surface area contributed by atoms with Crippen LogP contribution in [0.15, 0.2) is 0 Å². The van der Waals surface area contributed by atoms with E-state index in [4.69, 9.17) is 9.90 Å². The normalized spacial score (nSPS) is 4.17. The Balaban J connectivity index is -0.0000000450. The van der Waals surface area contributed by atoms with Gasteiger partial charge in [-0.1, -0.05) is 0 Å². The molecule has 0 amide bonds. The molecule has 0 spiro atoms. The molecule has 1 radical (unpaired) electrons. The first-order valence-electron chi connectivity index (χ1n) is 0.928. The Morgan fingerprint density at radius 3 is 1.67 bits per heavy atom. The second-order valence-corrected chi connectivity index (χ2v) is 0.519. The second-order valence-electron chi connectivity index (χ2n) is 0.519. The van der Waals surface area contributed by atoms with E-state index >= 15 is 0 Å². The van der Waals surface area contributed by atoms with E-state index in [0.717, 1.165) is 6.92 Å². The number of carboxylic acid groups (broad SMARTS) is 1. The summed E-state index contributed by atoms with van der Waals surface area (Å²) in [7, 11) is 0. The first-order valence-corrected chi connectivity index (χ1v) is 0.928. The van der Waals surface area contributed by atoms with E-state index in [2.05, 4.69) is 0 Å². The van der Waals surface area contributed by atoms with Gasteiger partial charge in [0, 0.05) is 49.9 Å². The molecule has 0 aliphatic rings. The van der Waals surface area contributed by atoms with Crippen molar-refractivity contribution < 1.29 is 52.9 Å². The molecule has 0 heterocycles. The van der Waals surface area contributed by atoms with Gasteiger partial charge in [-0.25, -0.2) is 0 Å². The minimum absolute atomic E-state index is 0. The molecular weight excluding hydrogens is 206 g/mol. The minimum Gasteiger partial charge on any atom is -0.481 e. The topological polar surface area (TPSA) is 37.3 Å². The van der Waals surface area contributed by atoms with Crippen molar-refractivity contribution in [1.82, 2.24) is 0 Å². The van der Waals surface area contributed by atoms with Crippen molar-refractivity contribution in [2.45, 2.75) is 6.92 Å². The van der Waals surface area contributed by atoms with Crippen LogP contribution in [0.2, 0.25) is 0 Å².